The number of carbonyl (C=O) groups is 3. The van der Waals surface area contributed by atoms with E-state index in [4.69, 9.17) is 9.47 Å². The fourth-order valence-electron chi connectivity index (χ4n) is 3.17. The summed E-state index contributed by atoms with van der Waals surface area (Å²) in [6.07, 6.45) is -0.194. The van der Waals surface area contributed by atoms with Crippen molar-refractivity contribution in [1.82, 2.24) is 4.90 Å². The number of likely N-dealkylation sites (tertiary alicyclic amines) is 1. The number of hydrogen-bond donors (Lipinski definition) is 0. The van der Waals surface area contributed by atoms with Crippen molar-refractivity contribution in [3.8, 4) is 0 Å². The number of ether oxygens (including phenoxy) is 2. The molecule has 0 bridgehead atoms. The fraction of sp³-hybridized carbons (Fsp3) is 0.591. The Hall–Kier alpha value is -2.37. The van der Waals surface area contributed by atoms with Crippen molar-refractivity contribution in [2.24, 2.45) is 5.92 Å². The largest absolute Gasteiger partial charge is 0.454 e. The molecule has 28 heavy (non-hydrogen) atoms. The number of amides is 1. The first-order valence-electron chi connectivity index (χ1n) is 9.78. The van der Waals surface area contributed by atoms with Crippen LogP contribution < -0.4 is 0 Å². The second-order valence-electron chi connectivity index (χ2n) is 8.50. The standard InChI is InChI=1S/C22H31NO5/c1-14-7-8-15(2)18(13-14)19(24)16(3)27-20(25)17-9-11-23(12-10-17)21(26)28-22(4,5)6/h7-8,13,16-17H,9-12H2,1-6H3/t16-/m1/s1. The van der Waals surface area contributed by atoms with Gasteiger partial charge in [-0.15, -0.1) is 0 Å². The number of esters is 1. The van der Waals surface area contributed by atoms with Crippen molar-refractivity contribution < 1.29 is 23.9 Å². The quantitative estimate of drug-likeness (QED) is 0.573. The molecule has 1 amide bonds. The Bertz CT molecular complexity index is 742. The van der Waals surface area contributed by atoms with Crippen LogP contribution in [0.15, 0.2) is 18.2 Å². The molecule has 0 spiro atoms. The molecule has 0 aliphatic carbocycles. The number of ketones is 1. The third-order valence-corrected chi connectivity index (χ3v) is 4.80. The Morgan fingerprint density at radius 2 is 1.71 bits per heavy atom. The van der Waals surface area contributed by atoms with E-state index in [-0.39, 0.29) is 23.8 Å². The normalized spacial score (nSPS) is 16.4. The van der Waals surface area contributed by atoms with Crippen LogP contribution in [0.5, 0.6) is 0 Å². The number of nitrogens with zero attached hydrogens (tertiary/aromatic N) is 1. The summed E-state index contributed by atoms with van der Waals surface area (Å²) in [5.74, 6) is -0.886. The lowest BCUT2D eigenvalue weighted by Crippen LogP contribution is -2.43. The van der Waals surface area contributed by atoms with E-state index in [1.165, 1.54) is 0 Å². The number of carbonyl (C=O) groups excluding carboxylic acids is 3. The zero-order valence-electron chi connectivity index (χ0n) is 17.7. The van der Waals surface area contributed by atoms with Gasteiger partial charge in [0.05, 0.1) is 5.92 Å². The molecule has 1 aromatic carbocycles. The van der Waals surface area contributed by atoms with Crippen molar-refractivity contribution >= 4 is 17.8 Å². The third kappa shape index (κ3) is 5.81. The number of aryl methyl sites for hydroxylation is 2. The van der Waals surface area contributed by atoms with E-state index in [0.717, 1.165) is 11.1 Å². The van der Waals surface area contributed by atoms with Gasteiger partial charge in [-0.05, 0) is 66.0 Å². The molecule has 1 aliphatic rings. The van der Waals surface area contributed by atoms with Gasteiger partial charge in [-0.2, -0.15) is 0 Å². The van der Waals surface area contributed by atoms with Crippen molar-refractivity contribution in [3.05, 3.63) is 34.9 Å². The molecule has 1 saturated heterocycles. The molecule has 0 aromatic heterocycles. The highest BCUT2D eigenvalue weighted by Gasteiger charge is 2.32. The van der Waals surface area contributed by atoms with Gasteiger partial charge in [0.15, 0.2) is 6.10 Å². The fourth-order valence-corrected chi connectivity index (χ4v) is 3.17. The molecule has 6 heteroatoms. The molecule has 0 unspecified atom stereocenters. The van der Waals surface area contributed by atoms with Gasteiger partial charge in [-0.1, -0.05) is 17.7 Å². The highest BCUT2D eigenvalue weighted by molar-refractivity contribution is 6.01. The predicted octanol–water partition coefficient (Wildman–Crippen LogP) is 4.06. The molecule has 1 atom stereocenters. The molecular weight excluding hydrogens is 358 g/mol. The van der Waals surface area contributed by atoms with E-state index in [1.54, 1.807) is 11.8 Å². The minimum atomic E-state index is -0.836. The molecule has 0 N–H and O–H groups in total. The van der Waals surface area contributed by atoms with Crippen LogP contribution in [0.25, 0.3) is 0 Å². The van der Waals surface area contributed by atoms with E-state index in [0.29, 0.717) is 31.5 Å². The second kappa shape index (κ2) is 8.76. The summed E-state index contributed by atoms with van der Waals surface area (Å²) in [7, 11) is 0. The SMILES string of the molecule is Cc1ccc(C)c(C(=O)[C@@H](C)OC(=O)C2CCN(C(=O)OC(C)(C)C)CC2)c1. The van der Waals surface area contributed by atoms with Crippen LogP contribution in [0.4, 0.5) is 4.79 Å². The van der Waals surface area contributed by atoms with Gasteiger partial charge in [0.25, 0.3) is 0 Å². The second-order valence-corrected chi connectivity index (χ2v) is 8.50. The van der Waals surface area contributed by atoms with Crippen LogP contribution in [-0.2, 0) is 14.3 Å². The number of benzene rings is 1. The van der Waals surface area contributed by atoms with Crippen LogP contribution in [-0.4, -0.2) is 47.5 Å². The summed E-state index contributed by atoms with van der Waals surface area (Å²) < 4.78 is 10.8. The Morgan fingerprint density at radius 1 is 1.11 bits per heavy atom. The maximum absolute atomic E-state index is 12.7. The molecule has 6 nitrogen and oxygen atoms in total. The Kier molecular flexibility index (Phi) is 6.86. The summed E-state index contributed by atoms with van der Waals surface area (Å²) in [6, 6.07) is 5.66. The van der Waals surface area contributed by atoms with Gasteiger partial charge in [0.1, 0.15) is 5.60 Å². The molecule has 0 saturated carbocycles. The zero-order chi connectivity index (χ0) is 21.1. The van der Waals surface area contributed by atoms with E-state index >= 15 is 0 Å². The molecule has 154 valence electrons. The van der Waals surface area contributed by atoms with Crippen molar-refractivity contribution in [2.45, 2.75) is 66.1 Å². The molecule has 1 aliphatic heterocycles. The monoisotopic (exact) mass is 389 g/mol. The van der Waals surface area contributed by atoms with Gasteiger partial charge < -0.3 is 14.4 Å². The minimum Gasteiger partial charge on any atom is -0.454 e. The predicted molar refractivity (Wildman–Crippen MR) is 106 cm³/mol. The van der Waals surface area contributed by atoms with Gasteiger partial charge in [0, 0.05) is 18.7 Å². The summed E-state index contributed by atoms with van der Waals surface area (Å²) in [6.45, 7) is 11.7. The smallest absolute Gasteiger partial charge is 0.410 e. The summed E-state index contributed by atoms with van der Waals surface area (Å²) in [4.78, 5) is 38.9. The maximum atomic E-state index is 12.7. The first-order chi connectivity index (χ1) is 13.0. The summed E-state index contributed by atoms with van der Waals surface area (Å²) >= 11 is 0. The highest BCUT2D eigenvalue weighted by atomic mass is 16.6. The highest BCUT2D eigenvalue weighted by Crippen LogP contribution is 2.22. The van der Waals surface area contributed by atoms with Crippen LogP contribution >= 0.6 is 0 Å². The lowest BCUT2D eigenvalue weighted by atomic mass is 9.96. The third-order valence-electron chi connectivity index (χ3n) is 4.80. The van der Waals surface area contributed by atoms with Gasteiger partial charge in [0.2, 0.25) is 5.78 Å². The number of hydrogen-bond acceptors (Lipinski definition) is 5. The zero-order valence-corrected chi connectivity index (χ0v) is 17.7. The van der Waals surface area contributed by atoms with Crippen molar-refractivity contribution in [2.75, 3.05) is 13.1 Å². The van der Waals surface area contributed by atoms with Gasteiger partial charge in [-0.25, -0.2) is 4.79 Å². The first kappa shape index (κ1) is 21.9. The molecule has 0 radical (unpaired) electrons. The molecule has 1 fully saturated rings. The first-order valence-corrected chi connectivity index (χ1v) is 9.78. The van der Waals surface area contributed by atoms with Crippen LogP contribution in [0.2, 0.25) is 0 Å². The number of rotatable bonds is 4. The Balaban J connectivity index is 1.89. The van der Waals surface area contributed by atoms with Crippen LogP contribution in [0.3, 0.4) is 0 Å². The Labute approximate surface area is 167 Å². The van der Waals surface area contributed by atoms with Gasteiger partial charge in [-0.3, -0.25) is 9.59 Å². The molecule has 1 aromatic rings. The topological polar surface area (TPSA) is 72.9 Å². The molecule has 2 rings (SSSR count). The minimum absolute atomic E-state index is 0.194. The van der Waals surface area contributed by atoms with Gasteiger partial charge >= 0.3 is 12.1 Å². The average molecular weight is 389 g/mol. The summed E-state index contributed by atoms with van der Waals surface area (Å²) in [5.41, 5.74) is 1.89. The van der Waals surface area contributed by atoms with Crippen LogP contribution in [0.1, 0.15) is 62.0 Å². The van der Waals surface area contributed by atoms with Crippen molar-refractivity contribution in [3.63, 3.8) is 0 Å². The number of Topliss-reactive ketones (excluding diaryl/α,β-unsaturated/α-hetero) is 1. The lowest BCUT2D eigenvalue weighted by Gasteiger charge is -2.32. The average Bonchev–Trinajstić information content (AvgIpc) is 2.61. The van der Waals surface area contributed by atoms with Crippen LogP contribution in [0, 0.1) is 19.8 Å². The maximum Gasteiger partial charge on any atom is 0.410 e. The van der Waals surface area contributed by atoms with Crippen molar-refractivity contribution in [1.29, 1.82) is 0 Å². The summed E-state index contributed by atoms with van der Waals surface area (Å²) in [5, 5.41) is 0. The van der Waals surface area contributed by atoms with E-state index in [9.17, 15) is 14.4 Å². The number of piperidine rings is 1. The van der Waals surface area contributed by atoms with E-state index in [1.807, 2.05) is 52.8 Å². The van der Waals surface area contributed by atoms with E-state index < -0.39 is 11.7 Å². The van der Waals surface area contributed by atoms with E-state index in [2.05, 4.69) is 0 Å². The molecule has 1 heterocycles. The Morgan fingerprint density at radius 3 is 2.29 bits per heavy atom. The molecular formula is C22H31NO5. The lowest BCUT2D eigenvalue weighted by molar-refractivity contribution is -0.152.